The molecule has 0 atom stereocenters. The Balaban J connectivity index is 2.18. The largest absolute Gasteiger partial charge is 0.358 e. The third kappa shape index (κ3) is 0.698. The maximum absolute atomic E-state index is 4.86. The van der Waals surface area contributed by atoms with E-state index in [9.17, 15) is 0 Å². The highest BCUT2D eigenvalue weighted by Crippen LogP contribution is 1.97. The minimum absolute atomic E-state index is 0.858. The van der Waals surface area contributed by atoms with Crippen molar-refractivity contribution >= 4 is 0 Å². The lowest BCUT2D eigenvalue weighted by Gasteiger charge is -1.97. The van der Waals surface area contributed by atoms with E-state index in [4.69, 9.17) is 4.74 Å². The van der Waals surface area contributed by atoms with Gasteiger partial charge in [-0.3, -0.25) is 4.90 Å². The fraction of sp³-hybridized carbons (Fsp3) is 0.750. The third-order valence-electron chi connectivity index (χ3n) is 0.816. The topological polar surface area (TPSA) is 12.5 Å². The first-order chi connectivity index (χ1) is 2.89. The quantitative estimate of drug-likeness (QED) is 0.413. The molecule has 0 spiro atoms. The number of nitrogens with zero attached hydrogens (tertiary/aromatic N) is 1. The molecule has 1 aliphatic heterocycles. The summed E-state index contributed by atoms with van der Waals surface area (Å²) in [6.45, 7) is 3.64. The van der Waals surface area contributed by atoms with Crippen LogP contribution in [0, 0.1) is 6.73 Å². The molecule has 1 heterocycles. The highest BCUT2D eigenvalue weighted by molar-refractivity contribution is 4.59. The molecule has 0 bridgehead atoms. The summed E-state index contributed by atoms with van der Waals surface area (Å²) >= 11 is 0. The van der Waals surface area contributed by atoms with Gasteiger partial charge in [-0.1, -0.05) is 0 Å². The zero-order valence-electron chi connectivity index (χ0n) is 3.85. The van der Waals surface area contributed by atoms with Crippen molar-refractivity contribution in [2.75, 3.05) is 20.2 Å². The molecular weight excluding hydrogens is 78.0 g/mol. The van der Waals surface area contributed by atoms with Crippen LogP contribution in [0.1, 0.15) is 0 Å². The Kier molecular flexibility index (Phi) is 1.08. The Hall–Kier alpha value is -0.0800. The van der Waals surface area contributed by atoms with Crippen LogP contribution in [0.25, 0.3) is 0 Å². The highest BCUT2D eigenvalue weighted by atomic mass is 16.5. The van der Waals surface area contributed by atoms with Crippen LogP contribution in [-0.4, -0.2) is 25.1 Å². The van der Waals surface area contributed by atoms with E-state index in [2.05, 4.69) is 0 Å². The van der Waals surface area contributed by atoms with Crippen LogP contribution in [0.2, 0.25) is 0 Å². The van der Waals surface area contributed by atoms with Crippen LogP contribution in [0.3, 0.4) is 0 Å². The fourth-order valence-electron chi connectivity index (χ4n) is 0.429. The van der Waals surface area contributed by atoms with E-state index in [-0.39, 0.29) is 0 Å². The van der Waals surface area contributed by atoms with E-state index < -0.39 is 0 Å². The summed E-state index contributed by atoms with van der Waals surface area (Å²) in [7, 11) is 1.99. The second-order valence-corrected chi connectivity index (χ2v) is 1.46. The lowest BCUT2D eigenvalue weighted by Crippen LogP contribution is -2.07. The number of ether oxygens (including phenoxy) is 1. The van der Waals surface area contributed by atoms with Crippen molar-refractivity contribution in [1.82, 2.24) is 4.90 Å². The number of rotatable bonds is 0. The number of hydrogen-bond donors (Lipinski definition) is 0. The molecule has 0 aromatic carbocycles. The standard InChI is InChI=1S/C4H8NO/c1-5-2-3-6-4-5/h4H,2-3H2,1H3. The first-order valence-corrected chi connectivity index (χ1v) is 2.05. The zero-order chi connectivity index (χ0) is 4.41. The Morgan fingerprint density at radius 2 is 2.67 bits per heavy atom. The molecule has 0 aromatic rings. The van der Waals surface area contributed by atoms with Crippen molar-refractivity contribution in [3.63, 3.8) is 0 Å². The van der Waals surface area contributed by atoms with E-state index in [1.807, 2.05) is 11.9 Å². The van der Waals surface area contributed by atoms with Crippen molar-refractivity contribution in [2.45, 2.75) is 0 Å². The van der Waals surface area contributed by atoms with Crippen LogP contribution < -0.4 is 0 Å². The van der Waals surface area contributed by atoms with E-state index in [1.165, 1.54) is 0 Å². The van der Waals surface area contributed by atoms with Gasteiger partial charge in [0.1, 0.15) is 0 Å². The van der Waals surface area contributed by atoms with Gasteiger partial charge in [0.15, 0.2) is 6.73 Å². The van der Waals surface area contributed by atoms with Gasteiger partial charge in [0.05, 0.1) is 6.61 Å². The predicted octanol–water partition coefficient (Wildman–Crippen LogP) is 0.0677. The maximum atomic E-state index is 4.86. The summed E-state index contributed by atoms with van der Waals surface area (Å²) in [6, 6.07) is 0. The average Bonchev–Trinajstić information content (AvgIpc) is 1.86. The lowest BCUT2D eigenvalue weighted by atomic mass is 10.7. The van der Waals surface area contributed by atoms with E-state index in [1.54, 1.807) is 6.73 Å². The van der Waals surface area contributed by atoms with Gasteiger partial charge in [-0.25, -0.2) is 0 Å². The molecule has 0 unspecified atom stereocenters. The van der Waals surface area contributed by atoms with Gasteiger partial charge in [0.2, 0.25) is 0 Å². The SMILES string of the molecule is CN1[CH]OCC1. The molecule has 0 amide bonds. The van der Waals surface area contributed by atoms with Gasteiger partial charge in [-0.15, -0.1) is 0 Å². The molecule has 0 aliphatic carbocycles. The zero-order valence-corrected chi connectivity index (χ0v) is 3.85. The minimum Gasteiger partial charge on any atom is -0.358 e. The molecule has 6 heavy (non-hydrogen) atoms. The molecule has 35 valence electrons. The average molecular weight is 86.1 g/mol. The summed E-state index contributed by atoms with van der Waals surface area (Å²) in [5.74, 6) is 0. The van der Waals surface area contributed by atoms with Crippen molar-refractivity contribution in [2.24, 2.45) is 0 Å². The molecule has 0 N–H and O–H groups in total. The molecule has 1 rings (SSSR count). The third-order valence-corrected chi connectivity index (χ3v) is 0.816. The highest BCUT2D eigenvalue weighted by Gasteiger charge is 2.04. The summed E-state index contributed by atoms with van der Waals surface area (Å²) in [4.78, 5) is 2.01. The molecule has 1 saturated heterocycles. The monoisotopic (exact) mass is 86.1 g/mol. The van der Waals surface area contributed by atoms with Gasteiger partial charge < -0.3 is 4.74 Å². The van der Waals surface area contributed by atoms with Gasteiger partial charge in [-0.05, 0) is 7.05 Å². The molecule has 1 radical (unpaired) electrons. The van der Waals surface area contributed by atoms with Gasteiger partial charge >= 0.3 is 0 Å². The second kappa shape index (κ2) is 1.58. The van der Waals surface area contributed by atoms with Crippen molar-refractivity contribution in [3.8, 4) is 0 Å². The van der Waals surface area contributed by atoms with E-state index >= 15 is 0 Å². The Morgan fingerprint density at radius 3 is 2.83 bits per heavy atom. The first kappa shape index (κ1) is 4.09. The molecule has 0 saturated carbocycles. The summed E-state index contributed by atoms with van der Waals surface area (Å²) in [5.41, 5.74) is 0. The second-order valence-electron chi connectivity index (χ2n) is 1.46. The van der Waals surface area contributed by atoms with Gasteiger partial charge in [-0.2, -0.15) is 0 Å². The normalized spacial score (nSPS) is 25.5. The summed E-state index contributed by atoms with van der Waals surface area (Å²) < 4.78 is 4.86. The Bertz CT molecular complexity index is 40.8. The number of likely N-dealkylation sites (N-methyl/N-ethyl adjacent to an activating group) is 1. The van der Waals surface area contributed by atoms with Gasteiger partial charge in [0, 0.05) is 6.54 Å². The fourth-order valence-corrected chi connectivity index (χ4v) is 0.429. The van der Waals surface area contributed by atoms with E-state index in [0.29, 0.717) is 0 Å². The first-order valence-electron chi connectivity index (χ1n) is 2.05. The van der Waals surface area contributed by atoms with Crippen LogP contribution in [0.5, 0.6) is 0 Å². The maximum Gasteiger partial charge on any atom is 0.150 e. The molecule has 2 nitrogen and oxygen atoms in total. The predicted molar refractivity (Wildman–Crippen MR) is 22.9 cm³/mol. The van der Waals surface area contributed by atoms with Crippen LogP contribution in [0.4, 0.5) is 0 Å². The lowest BCUT2D eigenvalue weighted by molar-refractivity contribution is 0.231. The minimum atomic E-state index is 0.858. The summed E-state index contributed by atoms with van der Waals surface area (Å²) in [5, 5.41) is 0. The van der Waals surface area contributed by atoms with Gasteiger partial charge in [0.25, 0.3) is 0 Å². The smallest absolute Gasteiger partial charge is 0.150 e. The Morgan fingerprint density at radius 1 is 1.83 bits per heavy atom. The summed E-state index contributed by atoms with van der Waals surface area (Å²) in [6.07, 6.45) is 0. The number of hydrogen-bond acceptors (Lipinski definition) is 2. The molecule has 1 aliphatic rings. The van der Waals surface area contributed by atoms with Crippen molar-refractivity contribution < 1.29 is 4.74 Å². The van der Waals surface area contributed by atoms with Crippen molar-refractivity contribution in [1.29, 1.82) is 0 Å². The van der Waals surface area contributed by atoms with Crippen molar-refractivity contribution in [3.05, 3.63) is 6.73 Å². The van der Waals surface area contributed by atoms with Crippen LogP contribution >= 0.6 is 0 Å². The van der Waals surface area contributed by atoms with Crippen LogP contribution in [0.15, 0.2) is 0 Å². The Labute approximate surface area is 37.7 Å². The molecule has 2 heteroatoms. The molecule has 0 aromatic heterocycles. The molecule has 1 fully saturated rings. The molecular formula is C4H8NO. The van der Waals surface area contributed by atoms with E-state index in [0.717, 1.165) is 13.2 Å². The van der Waals surface area contributed by atoms with Crippen LogP contribution in [-0.2, 0) is 4.74 Å².